The van der Waals surface area contributed by atoms with Gasteiger partial charge in [0.25, 0.3) is 0 Å². The number of halogens is 1. The number of rotatable bonds is 9. The van der Waals surface area contributed by atoms with Gasteiger partial charge < -0.3 is 15.4 Å². The number of methoxy groups -OCH3 is 1. The van der Waals surface area contributed by atoms with Gasteiger partial charge in [0.05, 0.1) is 19.4 Å². The Hall–Kier alpha value is -3.49. The van der Waals surface area contributed by atoms with Crippen LogP contribution in [0.1, 0.15) is 11.4 Å². The van der Waals surface area contributed by atoms with Crippen LogP contribution in [0.5, 0.6) is 5.75 Å². The average molecular weight is 494 g/mol. The molecule has 0 radical (unpaired) electrons. The van der Waals surface area contributed by atoms with E-state index in [9.17, 15) is 4.79 Å². The number of carbonyl (C=O) groups excluding carboxylic acids is 1. The van der Waals surface area contributed by atoms with Crippen molar-refractivity contribution < 1.29 is 9.53 Å². The first-order valence-corrected chi connectivity index (χ1v) is 12.0. The van der Waals surface area contributed by atoms with Crippen LogP contribution in [0.25, 0.3) is 5.69 Å². The molecule has 0 atom stereocenters. The number of benzene rings is 3. The molecule has 4 aromatic rings. The van der Waals surface area contributed by atoms with Crippen LogP contribution >= 0.6 is 23.4 Å². The molecule has 0 aliphatic heterocycles. The minimum Gasteiger partial charge on any atom is -0.497 e. The van der Waals surface area contributed by atoms with E-state index < -0.39 is 0 Å². The number of hydrogen-bond donors (Lipinski definition) is 2. The van der Waals surface area contributed by atoms with E-state index in [2.05, 4.69) is 20.8 Å². The lowest BCUT2D eigenvalue weighted by atomic mass is 10.2. The van der Waals surface area contributed by atoms with Crippen molar-refractivity contribution in [3.8, 4) is 11.4 Å². The second-order valence-corrected chi connectivity index (χ2v) is 8.88. The van der Waals surface area contributed by atoms with Crippen LogP contribution in [0.2, 0.25) is 5.02 Å². The number of carbonyl (C=O) groups is 1. The third-order valence-electron chi connectivity index (χ3n) is 4.97. The fourth-order valence-electron chi connectivity index (χ4n) is 3.24. The molecule has 0 spiro atoms. The number of nitrogens with one attached hydrogen (secondary N) is 2. The molecule has 0 saturated heterocycles. The molecule has 4 rings (SSSR count). The van der Waals surface area contributed by atoms with Gasteiger partial charge in [0.1, 0.15) is 5.75 Å². The molecule has 0 aliphatic rings. The summed E-state index contributed by atoms with van der Waals surface area (Å²) in [4.78, 5) is 12.5. The third kappa shape index (κ3) is 6.09. The molecule has 7 nitrogen and oxygen atoms in total. The van der Waals surface area contributed by atoms with Crippen LogP contribution in [0, 0.1) is 6.92 Å². The van der Waals surface area contributed by atoms with Gasteiger partial charge in [-0.15, -0.1) is 10.2 Å². The molecule has 2 N–H and O–H groups in total. The summed E-state index contributed by atoms with van der Waals surface area (Å²) in [5.41, 5.74) is 3.65. The predicted molar refractivity (Wildman–Crippen MR) is 137 cm³/mol. The Labute approximate surface area is 207 Å². The van der Waals surface area contributed by atoms with Crippen LogP contribution in [0.4, 0.5) is 11.4 Å². The minimum absolute atomic E-state index is 0.114. The zero-order chi connectivity index (χ0) is 23.9. The molecule has 1 amide bonds. The van der Waals surface area contributed by atoms with Crippen molar-refractivity contribution in [2.24, 2.45) is 0 Å². The average Bonchev–Trinajstić information content (AvgIpc) is 3.26. The van der Waals surface area contributed by atoms with Crippen molar-refractivity contribution in [2.75, 3.05) is 23.5 Å². The predicted octanol–water partition coefficient (Wildman–Crippen LogP) is 5.58. The molecule has 1 aromatic heterocycles. The largest absolute Gasteiger partial charge is 0.497 e. The molecule has 0 aliphatic carbocycles. The molecule has 0 bridgehead atoms. The van der Waals surface area contributed by atoms with Crippen LogP contribution in [-0.2, 0) is 11.3 Å². The van der Waals surface area contributed by atoms with Crippen molar-refractivity contribution >= 4 is 40.6 Å². The molecule has 3 aromatic carbocycles. The topological polar surface area (TPSA) is 81.1 Å². The lowest BCUT2D eigenvalue weighted by molar-refractivity contribution is -0.113. The quantitative estimate of drug-likeness (QED) is 0.296. The Morgan fingerprint density at radius 3 is 2.50 bits per heavy atom. The second-order valence-electron chi connectivity index (χ2n) is 7.50. The van der Waals surface area contributed by atoms with Crippen LogP contribution in [0.15, 0.2) is 78.0 Å². The summed E-state index contributed by atoms with van der Waals surface area (Å²) in [5.74, 6) is 1.54. The van der Waals surface area contributed by atoms with Crippen molar-refractivity contribution in [3.63, 3.8) is 0 Å². The maximum atomic E-state index is 12.5. The SMILES string of the molecule is COc1ccc(-n2c(CNc3cccc(Cl)c3)nnc2SCC(=O)Nc2ccc(C)cc2)cc1. The van der Waals surface area contributed by atoms with Gasteiger partial charge in [-0.25, -0.2) is 0 Å². The minimum atomic E-state index is -0.114. The molecule has 0 fully saturated rings. The Kier molecular flexibility index (Phi) is 7.72. The zero-order valence-electron chi connectivity index (χ0n) is 18.8. The number of amides is 1. The molecule has 34 heavy (non-hydrogen) atoms. The maximum absolute atomic E-state index is 12.5. The number of aromatic nitrogens is 3. The van der Waals surface area contributed by atoms with E-state index in [1.165, 1.54) is 11.8 Å². The Bertz CT molecular complexity index is 1260. The van der Waals surface area contributed by atoms with Gasteiger partial charge in [-0.05, 0) is 61.5 Å². The van der Waals surface area contributed by atoms with Gasteiger partial charge in [-0.2, -0.15) is 0 Å². The Balaban J connectivity index is 1.52. The van der Waals surface area contributed by atoms with Crippen LogP contribution < -0.4 is 15.4 Å². The summed E-state index contributed by atoms with van der Waals surface area (Å²) in [6.07, 6.45) is 0. The number of nitrogens with zero attached hydrogens (tertiary/aromatic N) is 3. The molecule has 1 heterocycles. The Morgan fingerprint density at radius 1 is 1.03 bits per heavy atom. The monoisotopic (exact) mass is 493 g/mol. The van der Waals surface area contributed by atoms with Crippen molar-refractivity contribution in [1.29, 1.82) is 0 Å². The van der Waals surface area contributed by atoms with Gasteiger partial charge in [0, 0.05) is 22.1 Å². The van der Waals surface area contributed by atoms with E-state index in [-0.39, 0.29) is 11.7 Å². The summed E-state index contributed by atoms with van der Waals surface area (Å²) >= 11 is 7.42. The van der Waals surface area contributed by atoms with Crippen LogP contribution in [0.3, 0.4) is 0 Å². The summed E-state index contributed by atoms with van der Waals surface area (Å²) in [7, 11) is 1.63. The van der Waals surface area contributed by atoms with Crippen molar-refractivity contribution in [3.05, 3.63) is 89.2 Å². The van der Waals surface area contributed by atoms with E-state index in [4.69, 9.17) is 16.3 Å². The summed E-state index contributed by atoms with van der Waals surface area (Å²) < 4.78 is 7.21. The smallest absolute Gasteiger partial charge is 0.234 e. The third-order valence-corrected chi connectivity index (χ3v) is 6.14. The highest BCUT2D eigenvalue weighted by molar-refractivity contribution is 7.99. The van der Waals surface area contributed by atoms with E-state index in [0.717, 1.165) is 28.4 Å². The number of ether oxygens (including phenoxy) is 1. The lowest BCUT2D eigenvalue weighted by Gasteiger charge is -2.12. The van der Waals surface area contributed by atoms with E-state index in [1.807, 2.05) is 84.3 Å². The first-order chi connectivity index (χ1) is 16.5. The van der Waals surface area contributed by atoms with Gasteiger partial charge in [0.2, 0.25) is 5.91 Å². The molecular formula is C25H24ClN5O2S. The van der Waals surface area contributed by atoms with Crippen molar-refractivity contribution in [1.82, 2.24) is 14.8 Å². The summed E-state index contributed by atoms with van der Waals surface area (Å²) in [5, 5.41) is 16.2. The molecule has 174 valence electrons. The molecular weight excluding hydrogens is 470 g/mol. The highest BCUT2D eigenvalue weighted by Crippen LogP contribution is 2.25. The van der Waals surface area contributed by atoms with Gasteiger partial charge in [0.15, 0.2) is 11.0 Å². The normalized spacial score (nSPS) is 10.7. The fraction of sp³-hybridized carbons (Fsp3) is 0.160. The molecule has 9 heteroatoms. The first-order valence-electron chi connectivity index (χ1n) is 10.6. The molecule has 0 saturated carbocycles. The number of hydrogen-bond acceptors (Lipinski definition) is 6. The van der Waals surface area contributed by atoms with E-state index >= 15 is 0 Å². The highest BCUT2D eigenvalue weighted by Gasteiger charge is 2.16. The van der Waals surface area contributed by atoms with Gasteiger partial charge >= 0.3 is 0 Å². The fourth-order valence-corrected chi connectivity index (χ4v) is 4.20. The molecule has 0 unspecified atom stereocenters. The van der Waals surface area contributed by atoms with E-state index in [1.54, 1.807) is 7.11 Å². The van der Waals surface area contributed by atoms with Gasteiger partial charge in [-0.3, -0.25) is 9.36 Å². The second kappa shape index (κ2) is 11.1. The van der Waals surface area contributed by atoms with Crippen LogP contribution in [-0.4, -0.2) is 33.5 Å². The standard InChI is InChI=1S/C25H24ClN5O2S/c1-17-6-8-19(9-7-17)28-24(32)16-34-25-30-29-23(15-27-20-5-3-4-18(26)14-20)31(25)21-10-12-22(33-2)13-11-21/h3-14,27H,15-16H2,1-2H3,(H,28,32). The number of thioether (sulfide) groups is 1. The zero-order valence-corrected chi connectivity index (χ0v) is 20.4. The summed E-state index contributed by atoms with van der Waals surface area (Å²) in [6, 6.07) is 22.8. The van der Waals surface area contributed by atoms with Gasteiger partial charge in [-0.1, -0.05) is 47.1 Å². The lowest BCUT2D eigenvalue weighted by Crippen LogP contribution is -2.15. The highest BCUT2D eigenvalue weighted by atomic mass is 35.5. The first kappa shape index (κ1) is 23.7. The maximum Gasteiger partial charge on any atom is 0.234 e. The van der Waals surface area contributed by atoms with E-state index in [0.29, 0.717) is 22.5 Å². The van der Waals surface area contributed by atoms with Crippen molar-refractivity contribution in [2.45, 2.75) is 18.6 Å². The number of anilines is 2. The Morgan fingerprint density at radius 2 is 1.79 bits per heavy atom. The summed E-state index contributed by atoms with van der Waals surface area (Å²) in [6.45, 7) is 2.43. The number of aryl methyl sites for hydroxylation is 1.